The van der Waals surface area contributed by atoms with E-state index in [0.717, 1.165) is 56.6 Å². The molecule has 122 valence electrons. The number of benzene rings is 1. The van der Waals surface area contributed by atoms with Crippen molar-refractivity contribution in [2.45, 2.75) is 33.7 Å². The number of hydrogen-bond donors (Lipinski definition) is 1. The molecule has 0 saturated carbocycles. The SMILES string of the molecule is CCCn1c(C)c(C(=O)c2c(C)[nH]c3sccc23)c2ccccc21. The molecular weight excluding hydrogens is 316 g/mol. The number of aromatic amines is 1. The highest BCUT2D eigenvalue weighted by molar-refractivity contribution is 7.16. The number of carbonyl (C=O) groups is 1. The van der Waals surface area contributed by atoms with E-state index in [0.29, 0.717) is 0 Å². The van der Waals surface area contributed by atoms with Gasteiger partial charge in [-0.15, -0.1) is 11.3 Å². The summed E-state index contributed by atoms with van der Waals surface area (Å²) in [5, 5.41) is 4.12. The zero-order valence-corrected chi connectivity index (χ0v) is 15.0. The number of ketones is 1. The van der Waals surface area contributed by atoms with E-state index >= 15 is 0 Å². The number of fused-ring (bicyclic) bond motifs is 2. The Morgan fingerprint density at radius 2 is 1.92 bits per heavy atom. The molecule has 0 fully saturated rings. The molecule has 0 bridgehead atoms. The molecule has 0 radical (unpaired) electrons. The van der Waals surface area contributed by atoms with Gasteiger partial charge in [-0.05, 0) is 37.8 Å². The second-order valence-electron chi connectivity index (χ2n) is 6.25. The molecule has 0 amide bonds. The first-order valence-corrected chi connectivity index (χ1v) is 9.19. The lowest BCUT2D eigenvalue weighted by Crippen LogP contribution is -2.06. The predicted molar refractivity (Wildman–Crippen MR) is 101 cm³/mol. The highest BCUT2D eigenvalue weighted by Gasteiger charge is 2.24. The summed E-state index contributed by atoms with van der Waals surface area (Å²) < 4.78 is 2.27. The van der Waals surface area contributed by atoms with E-state index in [1.54, 1.807) is 11.3 Å². The van der Waals surface area contributed by atoms with Crippen molar-refractivity contribution in [1.82, 2.24) is 9.55 Å². The first-order valence-electron chi connectivity index (χ1n) is 8.31. The average molecular weight is 336 g/mol. The fourth-order valence-corrected chi connectivity index (χ4v) is 4.53. The molecule has 3 aromatic heterocycles. The van der Waals surface area contributed by atoms with Crippen LogP contribution in [0.2, 0.25) is 0 Å². The van der Waals surface area contributed by atoms with E-state index < -0.39 is 0 Å². The van der Waals surface area contributed by atoms with E-state index in [4.69, 9.17) is 0 Å². The van der Waals surface area contributed by atoms with Gasteiger partial charge < -0.3 is 9.55 Å². The Hall–Kier alpha value is -2.33. The fraction of sp³-hybridized carbons (Fsp3) is 0.250. The Labute approximate surface area is 144 Å². The van der Waals surface area contributed by atoms with Crippen LogP contribution in [-0.2, 0) is 6.54 Å². The van der Waals surface area contributed by atoms with Crippen molar-refractivity contribution >= 4 is 38.2 Å². The molecule has 3 heterocycles. The van der Waals surface area contributed by atoms with Crippen molar-refractivity contribution in [3.05, 3.63) is 58.2 Å². The summed E-state index contributed by atoms with van der Waals surface area (Å²) in [5.41, 5.74) is 4.82. The first kappa shape index (κ1) is 15.2. The Morgan fingerprint density at radius 1 is 1.12 bits per heavy atom. The van der Waals surface area contributed by atoms with Crippen LogP contribution in [0.15, 0.2) is 35.7 Å². The third-order valence-electron chi connectivity index (χ3n) is 4.74. The number of aryl methyl sites for hydroxylation is 2. The van der Waals surface area contributed by atoms with Crippen LogP contribution in [0.25, 0.3) is 21.1 Å². The van der Waals surface area contributed by atoms with Gasteiger partial charge in [-0.25, -0.2) is 0 Å². The average Bonchev–Trinajstić information content (AvgIpc) is 3.20. The Morgan fingerprint density at radius 3 is 2.71 bits per heavy atom. The smallest absolute Gasteiger partial charge is 0.197 e. The van der Waals surface area contributed by atoms with Gasteiger partial charge in [0.15, 0.2) is 5.78 Å². The summed E-state index contributed by atoms with van der Waals surface area (Å²) in [6.45, 7) is 7.15. The molecule has 24 heavy (non-hydrogen) atoms. The summed E-state index contributed by atoms with van der Waals surface area (Å²) in [7, 11) is 0. The maximum atomic E-state index is 13.5. The number of para-hydroxylation sites is 1. The number of rotatable bonds is 4. The van der Waals surface area contributed by atoms with Crippen molar-refractivity contribution in [3.8, 4) is 0 Å². The van der Waals surface area contributed by atoms with Crippen molar-refractivity contribution in [2.24, 2.45) is 0 Å². The van der Waals surface area contributed by atoms with Gasteiger partial charge in [-0.3, -0.25) is 4.79 Å². The van der Waals surface area contributed by atoms with Gasteiger partial charge in [0.05, 0.1) is 11.1 Å². The largest absolute Gasteiger partial charge is 0.350 e. The van der Waals surface area contributed by atoms with Crippen LogP contribution < -0.4 is 0 Å². The van der Waals surface area contributed by atoms with Gasteiger partial charge in [0.1, 0.15) is 4.83 Å². The molecule has 0 spiro atoms. The van der Waals surface area contributed by atoms with Crippen molar-refractivity contribution in [3.63, 3.8) is 0 Å². The van der Waals surface area contributed by atoms with Crippen LogP contribution in [-0.4, -0.2) is 15.3 Å². The Kier molecular flexibility index (Phi) is 3.57. The zero-order chi connectivity index (χ0) is 16.8. The molecule has 0 unspecified atom stereocenters. The molecule has 0 saturated heterocycles. The molecule has 4 heteroatoms. The van der Waals surface area contributed by atoms with Crippen molar-refractivity contribution in [2.75, 3.05) is 0 Å². The number of carbonyl (C=O) groups excluding carboxylic acids is 1. The maximum Gasteiger partial charge on any atom is 0.197 e. The van der Waals surface area contributed by atoms with Gasteiger partial charge in [0.2, 0.25) is 0 Å². The molecule has 1 aromatic carbocycles. The molecular formula is C20H20N2OS. The molecule has 4 aromatic rings. The lowest BCUT2D eigenvalue weighted by Gasteiger charge is -2.06. The third-order valence-corrected chi connectivity index (χ3v) is 5.57. The van der Waals surface area contributed by atoms with E-state index in [1.807, 2.05) is 30.5 Å². The minimum absolute atomic E-state index is 0.126. The molecule has 1 N–H and O–H groups in total. The van der Waals surface area contributed by atoms with Gasteiger partial charge in [-0.2, -0.15) is 0 Å². The van der Waals surface area contributed by atoms with Gasteiger partial charge in [-0.1, -0.05) is 25.1 Å². The number of hydrogen-bond acceptors (Lipinski definition) is 2. The zero-order valence-electron chi connectivity index (χ0n) is 14.1. The molecule has 0 aliphatic heterocycles. The topological polar surface area (TPSA) is 37.8 Å². The van der Waals surface area contributed by atoms with Crippen LogP contribution in [0.5, 0.6) is 0 Å². The molecule has 4 rings (SSSR count). The van der Waals surface area contributed by atoms with Crippen LogP contribution in [0, 0.1) is 13.8 Å². The van der Waals surface area contributed by atoms with E-state index in [-0.39, 0.29) is 5.78 Å². The van der Waals surface area contributed by atoms with Crippen molar-refractivity contribution < 1.29 is 4.79 Å². The van der Waals surface area contributed by atoms with Crippen LogP contribution >= 0.6 is 11.3 Å². The van der Waals surface area contributed by atoms with Gasteiger partial charge in [0, 0.05) is 34.2 Å². The molecule has 0 aliphatic rings. The fourth-order valence-electron chi connectivity index (χ4n) is 3.68. The third kappa shape index (κ3) is 2.06. The van der Waals surface area contributed by atoms with Gasteiger partial charge >= 0.3 is 0 Å². The monoisotopic (exact) mass is 336 g/mol. The lowest BCUT2D eigenvalue weighted by molar-refractivity contribution is 0.104. The Bertz CT molecular complexity index is 1060. The summed E-state index contributed by atoms with van der Waals surface area (Å²) in [6, 6.07) is 10.3. The maximum absolute atomic E-state index is 13.5. The molecule has 0 aliphatic carbocycles. The van der Waals surface area contributed by atoms with E-state index in [9.17, 15) is 4.79 Å². The second-order valence-corrected chi connectivity index (χ2v) is 7.16. The second kappa shape index (κ2) is 5.64. The summed E-state index contributed by atoms with van der Waals surface area (Å²) in [4.78, 5) is 17.9. The highest BCUT2D eigenvalue weighted by Crippen LogP contribution is 2.33. The number of aromatic nitrogens is 2. The molecule has 0 atom stereocenters. The quantitative estimate of drug-likeness (QED) is 0.495. The number of nitrogens with zero attached hydrogens (tertiary/aromatic N) is 1. The molecule has 3 nitrogen and oxygen atoms in total. The van der Waals surface area contributed by atoms with Crippen LogP contribution in [0.4, 0.5) is 0 Å². The number of nitrogens with one attached hydrogen (secondary N) is 1. The van der Waals surface area contributed by atoms with E-state index in [1.165, 1.54) is 0 Å². The van der Waals surface area contributed by atoms with Gasteiger partial charge in [0.25, 0.3) is 0 Å². The van der Waals surface area contributed by atoms with Crippen molar-refractivity contribution in [1.29, 1.82) is 0 Å². The lowest BCUT2D eigenvalue weighted by atomic mass is 9.99. The minimum atomic E-state index is 0.126. The summed E-state index contributed by atoms with van der Waals surface area (Å²) >= 11 is 1.64. The standard InChI is InChI=1S/C20H20N2OS/c1-4-10-22-13(3)18(14-7-5-6-8-16(14)22)19(23)17-12(2)21-20-15(17)9-11-24-20/h5-9,11,21H,4,10H2,1-3H3. The summed E-state index contributed by atoms with van der Waals surface area (Å²) in [6.07, 6.45) is 1.05. The highest BCUT2D eigenvalue weighted by atomic mass is 32.1. The minimum Gasteiger partial charge on any atom is -0.350 e. The summed E-state index contributed by atoms with van der Waals surface area (Å²) in [5.74, 6) is 0.126. The Balaban J connectivity index is 1.99. The van der Waals surface area contributed by atoms with Crippen LogP contribution in [0.1, 0.15) is 40.7 Å². The number of H-pyrrole nitrogens is 1. The predicted octanol–water partition coefficient (Wildman–Crippen LogP) is 5.44. The normalized spacial score (nSPS) is 11.6. The van der Waals surface area contributed by atoms with E-state index in [2.05, 4.69) is 35.5 Å². The first-order chi connectivity index (χ1) is 11.6. The van der Waals surface area contributed by atoms with Crippen LogP contribution in [0.3, 0.4) is 0 Å². The number of thiophene rings is 1.